The van der Waals surface area contributed by atoms with E-state index in [1.807, 2.05) is 108 Å². The number of nitrogens with one attached hydrogen (secondary N) is 1. The van der Waals surface area contributed by atoms with E-state index in [0.717, 1.165) is 72.6 Å². The fourth-order valence-corrected chi connectivity index (χ4v) is 8.03. The Morgan fingerprint density at radius 3 is 1.57 bits per heavy atom. The minimum atomic E-state index is -0.511. The molecule has 0 spiro atoms. The number of nitrogens with two attached hydrogens (primary N) is 1. The molecule has 2 aliphatic heterocycles. The van der Waals surface area contributed by atoms with E-state index in [-0.39, 0.29) is 23.2 Å². The lowest BCUT2D eigenvalue weighted by atomic mass is 10.1. The van der Waals surface area contributed by atoms with Crippen LogP contribution in [0.2, 0.25) is 0 Å². The molecule has 0 bridgehead atoms. The largest absolute Gasteiger partial charge is 0.457 e. The molecule has 1 amide bonds. The number of hydrogen-bond acceptors (Lipinski definition) is 9. The molecule has 3 N–H and O–H groups in total. The van der Waals surface area contributed by atoms with Crippen LogP contribution in [0.1, 0.15) is 61.4 Å². The van der Waals surface area contributed by atoms with Gasteiger partial charge in [0, 0.05) is 50.4 Å². The predicted molar refractivity (Wildman–Crippen MR) is 241 cm³/mol. The van der Waals surface area contributed by atoms with E-state index < -0.39 is 11.9 Å². The molecule has 12 heteroatoms. The number of primary amides is 1. The lowest BCUT2D eigenvalue weighted by Gasteiger charge is -2.27. The number of amides is 1. The number of nitrogens with zero attached hydrogens (tertiary/aromatic N) is 4. The van der Waals surface area contributed by atoms with E-state index in [9.17, 15) is 19.2 Å². The van der Waals surface area contributed by atoms with Crippen LogP contribution in [-0.4, -0.2) is 76.4 Å². The molecule has 0 saturated carbocycles. The number of carbonyl (C=O) groups is 2. The van der Waals surface area contributed by atoms with Gasteiger partial charge in [-0.25, -0.2) is 0 Å². The molecule has 2 fully saturated rings. The highest BCUT2D eigenvalue weighted by Crippen LogP contribution is 2.27. The molecule has 61 heavy (non-hydrogen) atoms. The lowest BCUT2D eigenvalue weighted by Crippen LogP contribution is -2.40. The Labute approximate surface area is 356 Å². The second-order valence-electron chi connectivity index (χ2n) is 15.9. The summed E-state index contributed by atoms with van der Waals surface area (Å²) in [4.78, 5) is 53.9. The van der Waals surface area contributed by atoms with Gasteiger partial charge >= 0.3 is 0 Å². The zero-order chi connectivity index (χ0) is 42.6. The van der Waals surface area contributed by atoms with E-state index in [1.54, 1.807) is 17.6 Å². The highest BCUT2D eigenvalue weighted by Gasteiger charge is 2.17. The predicted octanol–water partition coefficient (Wildman–Crippen LogP) is 7.34. The van der Waals surface area contributed by atoms with Crippen LogP contribution in [0.5, 0.6) is 23.0 Å². The number of ether oxygens (including phenoxy) is 2. The first-order chi connectivity index (χ1) is 29.7. The fourth-order valence-electron chi connectivity index (χ4n) is 8.03. The summed E-state index contributed by atoms with van der Waals surface area (Å²) in [6.45, 7) is 9.07. The quantitative estimate of drug-likeness (QED) is 0.102. The number of para-hydroxylation sites is 2. The Balaban J connectivity index is 0.000000186. The van der Waals surface area contributed by atoms with Gasteiger partial charge in [0.05, 0.1) is 22.6 Å². The summed E-state index contributed by atoms with van der Waals surface area (Å²) in [6.07, 6.45) is 8.03. The highest BCUT2D eigenvalue weighted by molar-refractivity contribution is 5.87. The number of benzene rings is 4. The van der Waals surface area contributed by atoms with Crippen LogP contribution in [0.4, 0.5) is 0 Å². The van der Waals surface area contributed by atoms with Gasteiger partial charge in [-0.05, 0) is 130 Å². The van der Waals surface area contributed by atoms with Crippen LogP contribution in [0.25, 0.3) is 21.8 Å². The second kappa shape index (κ2) is 20.9. The normalized spacial score (nSPS) is 15.2. The number of fused-ring (bicyclic) bond motifs is 2. The van der Waals surface area contributed by atoms with Gasteiger partial charge in [-0.1, -0.05) is 49.2 Å². The Hall–Kier alpha value is -6.08. The molecule has 0 unspecified atom stereocenters. The first-order valence-electron chi connectivity index (χ1n) is 21.5. The number of aldehydes is 1. The summed E-state index contributed by atoms with van der Waals surface area (Å²) >= 11 is 0. The van der Waals surface area contributed by atoms with Crippen molar-refractivity contribution in [3.05, 3.63) is 141 Å². The van der Waals surface area contributed by atoms with Crippen LogP contribution in [0, 0.1) is 0 Å². The molecule has 2 aromatic heterocycles. The van der Waals surface area contributed by atoms with Gasteiger partial charge < -0.3 is 39.5 Å². The van der Waals surface area contributed by atoms with Crippen molar-refractivity contribution in [2.24, 2.45) is 5.73 Å². The molecule has 12 nitrogen and oxygen atoms in total. The van der Waals surface area contributed by atoms with Crippen molar-refractivity contribution in [3.8, 4) is 23.0 Å². The van der Waals surface area contributed by atoms with Crippen LogP contribution in [0.15, 0.2) is 119 Å². The maximum atomic E-state index is 13.5. The van der Waals surface area contributed by atoms with E-state index in [4.69, 9.17) is 15.2 Å². The van der Waals surface area contributed by atoms with Crippen molar-refractivity contribution >= 4 is 34.0 Å². The Bertz CT molecular complexity index is 2530. The molecule has 2 aliphatic rings. The number of carbonyl (C=O) groups excluding carboxylic acids is 2. The van der Waals surface area contributed by atoms with Crippen molar-refractivity contribution in [1.29, 1.82) is 0 Å². The third-order valence-corrected chi connectivity index (χ3v) is 11.5. The van der Waals surface area contributed by atoms with Crippen molar-refractivity contribution in [2.75, 3.05) is 39.3 Å². The molecular weight excluding hydrogens is 769 g/mol. The third-order valence-electron chi connectivity index (χ3n) is 11.5. The molecule has 4 heterocycles. The fraction of sp³-hybridized carbons (Fsp3) is 0.347. The van der Waals surface area contributed by atoms with E-state index >= 15 is 0 Å². The maximum absolute atomic E-state index is 13.5. The average Bonchev–Trinajstić information content (AvgIpc) is 3.29. The average molecular weight is 825 g/mol. The Morgan fingerprint density at radius 2 is 1.10 bits per heavy atom. The summed E-state index contributed by atoms with van der Waals surface area (Å²) in [6, 6.07) is 33.7. The summed E-state index contributed by atoms with van der Waals surface area (Å²) in [5.41, 5.74) is 7.52. The molecule has 0 aliphatic carbocycles. The topological polar surface area (TPSA) is 141 Å². The van der Waals surface area contributed by atoms with Gasteiger partial charge in [0.1, 0.15) is 23.0 Å². The zero-order valence-electron chi connectivity index (χ0n) is 35.0. The number of piperidine rings is 2. The van der Waals surface area contributed by atoms with Crippen LogP contribution >= 0.6 is 0 Å². The lowest BCUT2D eigenvalue weighted by molar-refractivity contribution is -0.119. The molecule has 0 radical (unpaired) electrons. The molecule has 2 saturated heterocycles. The van der Waals surface area contributed by atoms with Crippen molar-refractivity contribution < 1.29 is 19.1 Å². The number of hydrogen-bond donors (Lipinski definition) is 2. The number of likely N-dealkylation sites (tertiary alicyclic amines) is 2. The molecule has 318 valence electrons. The molecule has 4 aromatic carbocycles. The monoisotopic (exact) mass is 824 g/mol. The SMILES string of the molecule is C[C@H](NCc1cc2ccc(Oc3ccccc3)cc2n(CCN2CCCCC2)c1=O)C(N)=O.O=Cc1cc2ccc(Oc3ccccc3)cc2n(CCN2CCCCC2)c1=O. The van der Waals surface area contributed by atoms with Gasteiger partial charge in [0.15, 0.2) is 6.29 Å². The molecule has 1 atom stereocenters. The summed E-state index contributed by atoms with van der Waals surface area (Å²) in [5, 5.41) is 4.88. The highest BCUT2D eigenvalue weighted by atomic mass is 16.5. The van der Waals surface area contributed by atoms with Crippen LogP contribution in [0.3, 0.4) is 0 Å². The van der Waals surface area contributed by atoms with Crippen LogP contribution < -0.4 is 31.6 Å². The minimum absolute atomic E-state index is 0.0551. The standard InChI is InChI=1S/C26H32N4O3.C23H24N2O3/c1-19(25(27)31)28-18-21-16-20-10-11-23(33-22-8-4-2-5-9-22)17-24(20)30(26(21)32)15-14-29-12-6-3-7-13-29;26-17-19-15-18-9-10-21(28-20-7-3-1-4-8-20)16-22(18)25(23(19)27)14-13-24-11-5-2-6-12-24/h2,4-5,8-11,16-17,19,28H,3,6-7,12-15,18H2,1H3,(H2,27,31);1,3-4,7-10,15-17H,2,5-6,11-14H2/t19-;/m0./s1. The number of aromatic nitrogens is 2. The van der Waals surface area contributed by atoms with E-state index in [0.29, 0.717) is 36.4 Å². The van der Waals surface area contributed by atoms with Gasteiger partial charge in [-0.2, -0.15) is 0 Å². The number of rotatable bonds is 15. The van der Waals surface area contributed by atoms with Gasteiger partial charge in [0.25, 0.3) is 11.1 Å². The Kier molecular flexibility index (Phi) is 14.8. The minimum Gasteiger partial charge on any atom is -0.457 e. The van der Waals surface area contributed by atoms with Gasteiger partial charge in [0.2, 0.25) is 5.91 Å². The van der Waals surface area contributed by atoms with Crippen molar-refractivity contribution in [2.45, 2.75) is 71.1 Å². The van der Waals surface area contributed by atoms with Crippen molar-refractivity contribution in [3.63, 3.8) is 0 Å². The summed E-state index contributed by atoms with van der Waals surface area (Å²) < 4.78 is 15.5. The summed E-state index contributed by atoms with van der Waals surface area (Å²) in [7, 11) is 0. The van der Waals surface area contributed by atoms with Crippen LogP contribution in [-0.2, 0) is 24.4 Å². The maximum Gasteiger partial charge on any atom is 0.261 e. The van der Waals surface area contributed by atoms with Gasteiger partial charge in [-0.15, -0.1) is 0 Å². The molecule has 6 aromatic rings. The summed E-state index contributed by atoms with van der Waals surface area (Å²) in [5.74, 6) is 2.41. The number of pyridine rings is 2. The molecular formula is C49H56N6O6. The van der Waals surface area contributed by atoms with Gasteiger partial charge in [-0.3, -0.25) is 19.2 Å². The van der Waals surface area contributed by atoms with E-state index in [1.165, 1.54) is 38.5 Å². The molecule has 8 rings (SSSR count). The Morgan fingerprint density at radius 1 is 0.623 bits per heavy atom. The first kappa shape index (κ1) is 43.0. The van der Waals surface area contributed by atoms with E-state index in [2.05, 4.69) is 15.1 Å². The first-order valence-corrected chi connectivity index (χ1v) is 21.5. The zero-order valence-corrected chi connectivity index (χ0v) is 35.0. The van der Waals surface area contributed by atoms with Crippen molar-refractivity contribution in [1.82, 2.24) is 24.3 Å². The smallest absolute Gasteiger partial charge is 0.261 e. The second-order valence-corrected chi connectivity index (χ2v) is 15.9. The third kappa shape index (κ3) is 11.4.